The molecule has 5 heteroatoms. The van der Waals surface area contributed by atoms with Gasteiger partial charge < -0.3 is 9.88 Å². The smallest absolute Gasteiger partial charge is 0.307 e. The van der Waals surface area contributed by atoms with E-state index in [1.165, 1.54) is 11.3 Å². The molecule has 0 aliphatic rings. The van der Waals surface area contributed by atoms with Gasteiger partial charge in [-0.25, -0.2) is 0 Å². The largest absolute Gasteiger partial charge is 0.350 e. The summed E-state index contributed by atoms with van der Waals surface area (Å²) in [5, 5.41) is 4.76. The van der Waals surface area contributed by atoms with Crippen LogP contribution in [0.15, 0.2) is 40.5 Å². The number of aromatic nitrogens is 1. The molecule has 0 aliphatic heterocycles. The fourth-order valence-electron chi connectivity index (χ4n) is 2.03. The molecule has 1 heterocycles. The lowest BCUT2D eigenvalue weighted by Gasteiger charge is -2.14. The molecule has 2 aromatic rings. The van der Waals surface area contributed by atoms with Gasteiger partial charge in [-0.1, -0.05) is 41.7 Å². The van der Waals surface area contributed by atoms with Gasteiger partial charge in [-0.3, -0.25) is 9.59 Å². The molecule has 106 valence electrons. The van der Waals surface area contributed by atoms with E-state index >= 15 is 0 Å². The van der Waals surface area contributed by atoms with E-state index in [1.54, 1.807) is 4.57 Å². The minimum atomic E-state index is -0.0427. The van der Waals surface area contributed by atoms with E-state index in [2.05, 4.69) is 5.32 Å². The van der Waals surface area contributed by atoms with Crippen LogP contribution >= 0.6 is 11.3 Å². The number of nitrogens with zero attached hydrogens (tertiary/aromatic N) is 1. The Morgan fingerprint density at radius 1 is 1.35 bits per heavy atom. The zero-order chi connectivity index (χ0) is 14.5. The van der Waals surface area contributed by atoms with Crippen LogP contribution in [0.5, 0.6) is 0 Å². The van der Waals surface area contributed by atoms with Gasteiger partial charge >= 0.3 is 4.87 Å². The molecule has 20 heavy (non-hydrogen) atoms. The van der Waals surface area contributed by atoms with Crippen molar-refractivity contribution in [2.45, 2.75) is 32.9 Å². The molecule has 0 spiro atoms. The number of thiazole rings is 1. The normalized spacial score (nSPS) is 12.1. The Bertz CT molecular complexity index is 631. The second-order valence-corrected chi connectivity index (χ2v) is 5.57. The molecule has 1 aromatic heterocycles. The van der Waals surface area contributed by atoms with Crippen LogP contribution in [0.4, 0.5) is 0 Å². The van der Waals surface area contributed by atoms with Crippen LogP contribution in [0.2, 0.25) is 0 Å². The summed E-state index contributed by atoms with van der Waals surface area (Å²) < 4.78 is 1.64. The van der Waals surface area contributed by atoms with Crippen LogP contribution in [0.1, 0.15) is 30.6 Å². The number of aryl methyl sites for hydroxylation is 1. The lowest BCUT2D eigenvalue weighted by atomic mass is 10.1. The van der Waals surface area contributed by atoms with Gasteiger partial charge in [-0.2, -0.15) is 0 Å². The van der Waals surface area contributed by atoms with Crippen molar-refractivity contribution in [3.8, 4) is 0 Å². The van der Waals surface area contributed by atoms with Crippen molar-refractivity contribution < 1.29 is 4.79 Å². The van der Waals surface area contributed by atoms with E-state index < -0.39 is 0 Å². The van der Waals surface area contributed by atoms with Crippen LogP contribution in [0.3, 0.4) is 0 Å². The molecule has 2 rings (SSSR count). The molecule has 0 fully saturated rings. The highest BCUT2D eigenvalue weighted by molar-refractivity contribution is 7.07. The fraction of sp³-hybridized carbons (Fsp3) is 0.333. The molecular formula is C15H18N2O2S. The van der Waals surface area contributed by atoms with Crippen molar-refractivity contribution in [3.63, 3.8) is 0 Å². The third-order valence-corrected chi connectivity index (χ3v) is 4.10. The maximum absolute atomic E-state index is 11.9. The monoisotopic (exact) mass is 290 g/mol. The van der Waals surface area contributed by atoms with Crippen LogP contribution in [-0.4, -0.2) is 10.5 Å². The van der Waals surface area contributed by atoms with Gasteiger partial charge in [-0.05, 0) is 19.4 Å². The Kier molecular flexibility index (Phi) is 4.74. The molecule has 1 aromatic carbocycles. The maximum Gasteiger partial charge on any atom is 0.307 e. The predicted octanol–water partition coefficient (Wildman–Crippen LogP) is 2.49. The maximum atomic E-state index is 11.9. The molecule has 0 radical (unpaired) electrons. The number of nitrogens with one attached hydrogen (secondary N) is 1. The summed E-state index contributed by atoms with van der Waals surface area (Å²) in [6, 6.07) is 9.79. The second-order valence-electron chi connectivity index (χ2n) is 4.74. The summed E-state index contributed by atoms with van der Waals surface area (Å²) in [5.41, 5.74) is 1.98. The lowest BCUT2D eigenvalue weighted by Crippen LogP contribution is -2.28. The molecule has 0 saturated carbocycles. The Balaban J connectivity index is 1.89. The molecule has 0 saturated heterocycles. The first-order chi connectivity index (χ1) is 9.58. The van der Waals surface area contributed by atoms with Crippen molar-refractivity contribution in [2.24, 2.45) is 0 Å². The Labute approximate surface area is 122 Å². The van der Waals surface area contributed by atoms with E-state index in [1.807, 2.05) is 49.6 Å². The van der Waals surface area contributed by atoms with E-state index in [9.17, 15) is 9.59 Å². The number of hydrogen-bond donors (Lipinski definition) is 1. The third-order valence-electron chi connectivity index (χ3n) is 3.22. The van der Waals surface area contributed by atoms with E-state index in [-0.39, 0.29) is 16.8 Å². The topological polar surface area (TPSA) is 51.1 Å². The Morgan fingerprint density at radius 3 is 2.65 bits per heavy atom. The van der Waals surface area contributed by atoms with Crippen LogP contribution in [0.25, 0.3) is 0 Å². The molecule has 1 atom stereocenters. The zero-order valence-electron chi connectivity index (χ0n) is 11.6. The molecule has 4 nitrogen and oxygen atoms in total. The summed E-state index contributed by atoms with van der Waals surface area (Å²) in [6.07, 6.45) is 0.314. The summed E-state index contributed by atoms with van der Waals surface area (Å²) in [4.78, 5) is 23.5. The van der Waals surface area contributed by atoms with Gasteiger partial charge in [0.05, 0.1) is 6.04 Å². The van der Waals surface area contributed by atoms with E-state index in [4.69, 9.17) is 0 Å². The fourth-order valence-corrected chi connectivity index (χ4v) is 2.79. The number of benzene rings is 1. The number of rotatable bonds is 5. The van der Waals surface area contributed by atoms with Crippen molar-refractivity contribution in [2.75, 3.05) is 0 Å². The number of amides is 1. The van der Waals surface area contributed by atoms with Crippen molar-refractivity contribution in [1.82, 2.24) is 9.88 Å². The van der Waals surface area contributed by atoms with Gasteiger partial charge in [0.2, 0.25) is 5.91 Å². The molecule has 0 unspecified atom stereocenters. The summed E-state index contributed by atoms with van der Waals surface area (Å²) in [5.74, 6) is -0.0427. The van der Waals surface area contributed by atoms with Gasteiger partial charge in [0.15, 0.2) is 0 Å². The van der Waals surface area contributed by atoms with Crippen LogP contribution < -0.4 is 10.2 Å². The van der Waals surface area contributed by atoms with Gasteiger partial charge in [0.25, 0.3) is 0 Å². The average Bonchev–Trinajstić information content (AvgIpc) is 2.77. The Hall–Kier alpha value is -1.88. The highest BCUT2D eigenvalue weighted by Crippen LogP contribution is 2.11. The average molecular weight is 290 g/mol. The highest BCUT2D eigenvalue weighted by Gasteiger charge is 2.10. The highest BCUT2D eigenvalue weighted by atomic mass is 32.1. The number of carbonyl (C=O) groups is 1. The minimum absolute atomic E-state index is 0.00796. The second kappa shape index (κ2) is 6.52. The molecule has 1 N–H and O–H groups in total. The van der Waals surface area contributed by atoms with Crippen molar-refractivity contribution in [3.05, 3.63) is 56.6 Å². The van der Waals surface area contributed by atoms with Crippen LogP contribution in [0, 0.1) is 6.92 Å². The molecular weight excluding hydrogens is 272 g/mol. The van der Waals surface area contributed by atoms with Gasteiger partial charge in [0.1, 0.15) is 0 Å². The first-order valence-corrected chi connectivity index (χ1v) is 7.45. The van der Waals surface area contributed by atoms with E-state index in [0.29, 0.717) is 13.0 Å². The minimum Gasteiger partial charge on any atom is -0.350 e. The quantitative estimate of drug-likeness (QED) is 0.919. The van der Waals surface area contributed by atoms with Gasteiger partial charge in [0, 0.05) is 24.0 Å². The zero-order valence-corrected chi connectivity index (χ0v) is 12.4. The molecule has 0 bridgehead atoms. The summed E-state index contributed by atoms with van der Waals surface area (Å²) >= 11 is 1.17. The molecule has 1 amide bonds. The number of carbonyl (C=O) groups excluding carboxylic acids is 1. The van der Waals surface area contributed by atoms with Crippen molar-refractivity contribution >= 4 is 17.2 Å². The predicted molar refractivity (Wildman–Crippen MR) is 80.9 cm³/mol. The van der Waals surface area contributed by atoms with Gasteiger partial charge in [-0.15, -0.1) is 0 Å². The first-order valence-electron chi connectivity index (χ1n) is 6.57. The lowest BCUT2D eigenvalue weighted by molar-refractivity contribution is -0.121. The van der Waals surface area contributed by atoms with E-state index in [0.717, 1.165) is 11.3 Å². The van der Waals surface area contributed by atoms with Crippen LogP contribution in [-0.2, 0) is 11.3 Å². The number of hydrogen-bond acceptors (Lipinski definition) is 3. The standard InChI is InChI=1S/C15H18N2O2S/c1-11-10-20-15(19)17(11)9-8-14(18)16-12(2)13-6-4-3-5-7-13/h3-7,10,12H,8-9H2,1-2H3,(H,16,18)/t12-/m1/s1. The van der Waals surface area contributed by atoms with Crippen molar-refractivity contribution in [1.29, 1.82) is 0 Å². The summed E-state index contributed by atoms with van der Waals surface area (Å²) in [6.45, 7) is 4.26. The SMILES string of the molecule is Cc1csc(=O)n1CCC(=O)N[C@H](C)c1ccccc1. The first kappa shape index (κ1) is 14.5. The molecule has 0 aliphatic carbocycles. The Morgan fingerprint density at radius 2 is 2.05 bits per heavy atom. The summed E-state index contributed by atoms with van der Waals surface area (Å²) in [7, 11) is 0. The third kappa shape index (κ3) is 3.57.